The third-order valence-corrected chi connectivity index (χ3v) is 8.37. The largest absolute Gasteiger partial charge is 0.354 e. The molecule has 0 spiro atoms. The summed E-state index contributed by atoms with van der Waals surface area (Å²) in [5, 5.41) is 14.9. The normalized spacial score (nSPS) is 14.7. The fourth-order valence-corrected chi connectivity index (χ4v) is 5.57. The van der Waals surface area contributed by atoms with Gasteiger partial charge in [0, 0.05) is 79.9 Å². The van der Waals surface area contributed by atoms with E-state index in [0.29, 0.717) is 38.4 Å². The lowest BCUT2D eigenvalue weighted by Crippen LogP contribution is -2.44. The Balaban J connectivity index is 1.34. The first-order valence-corrected chi connectivity index (χ1v) is 13.9. The van der Waals surface area contributed by atoms with Gasteiger partial charge in [0.1, 0.15) is 11.9 Å². The lowest BCUT2D eigenvalue weighted by atomic mass is 10.1. The first-order valence-electron chi connectivity index (χ1n) is 12.7. The molecule has 1 N–H and O–H groups in total. The van der Waals surface area contributed by atoms with Crippen molar-refractivity contribution in [3.05, 3.63) is 77.0 Å². The number of nitrogens with one attached hydrogen (secondary N) is 1. The molecule has 0 saturated carbocycles. The number of piperazine rings is 1. The molecule has 0 radical (unpaired) electrons. The maximum absolute atomic E-state index is 15.2. The van der Waals surface area contributed by atoms with E-state index in [-0.39, 0.29) is 5.82 Å². The maximum atomic E-state index is 15.2. The van der Waals surface area contributed by atoms with Gasteiger partial charge in [-0.1, -0.05) is 35.5 Å². The standard InChI is InChI=1S/C29H29ClFN7S/c1-36-11-13-38(14-12-36)9-4-3-5-20-15-26-23(17-25(20)31)28(21(18-32)19-34-26)35-22-6-7-27(24(30)16-22)39-29-33-8-10-37(29)2/h3,5-8,10,15-17,19H,4,9,11-14H2,1-2H3,(H,34,35)/b5-3+. The summed E-state index contributed by atoms with van der Waals surface area (Å²) in [5.41, 5.74) is 2.57. The Morgan fingerprint density at radius 3 is 2.69 bits per heavy atom. The monoisotopic (exact) mass is 561 g/mol. The minimum absolute atomic E-state index is 0.319. The molecule has 3 heterocycles. The third kappa shape index (κ3) is 6.43. The van der Waals surface area contributed by atoms with Crippen molar-refractivity contribution in [1.29, 1.82) is 5.26 Å². The summed E-state index contributed by atoms with van der Waals surface area (Å²) in [6, 6.07) is 10.9. The molecule has 4 aromatic rings. The lowest BCUT2D eigenvalue weighted by molar-refractivity contribution is 0.156. The third-order valence-electron chi connectivity index (χ3n) is 6.79. The number of anilines is 2. The average molecular weight is 562 g/mol. The molecule has 0 atom stereocenters. The fraction of sp³-hybridized carbons (Fsp3) is 0.276. The van der Waals surface area contributed by atoms with Gasteiger partial charge in [0.15, 0.2) is 5.16 Å². The van der Waals surface area contributed by atoms with Gasteiger partial charge in [-0.3, -0.25) is 4.98 Å². The number of halogens is 2. The topological polar surface area (TPSA) is 73.0 Å². The summed E-state index contributed by atoms with van der Waals surface area (Å²) < 4.78 is 17.1. The number of hydrogen-bond acceptors (Lipinski definition) is 7. The average Bonchev–Trinajstić information content (AvgIpc) is 3.33. The zero-order valence-corrected chi connectivity index (χ0v) is 23.4. The van der Waals surface area contributed by atoms with Crippen molar-refractivity contribution in [2.45, 2.75) is 16.5 Å². The number of nitriles is 1. The highest BCUT2D eigenvalue weighted by Gasteiger charge is 2.15. The second kappa shape index (κ2) is 12.2. The summed E-state index contributed by atoms with van der Waals surface area (Å²) in [6.45, 7) is 5.24. The van der Waals surface area contributed by atoms with Crippen molar-refractivity contribution in [1.82, 2.24) is 24.3 Å². The number of nitrogens with zero attached hydrogens (tertiary/aromatic N) is 6. The van der Waals surface area contributed by atoms with Crippen LogP contribution in [0.15, 0.2) is 65.1 Å². The minimum Gasteiger partial charge on any atom is -0.354 e. The maximum Gasteiger partial charge on any atom is 0.172 e. The highest BCUT2D eigenvalue weighted by atomic mass is 35.5. The molecule has 1 aliphatic rings. The van der Waals surface area contributed by atoms with Gasteiger partial charge in [-0.2, -0.15) is 5.26 Å². The number of benzene rings is 2. The number of pyridine rings is 1. The van der Waals surface area contributed by atoms with Crippen LogP contribution in [0.1, 0.15) is 17.5 Å². The van der Waals surface area contributed by atoms with Crippen molar-refractivity contribution in [2.24, 2.45) is 7.05 Å². The molecule has 1 saturated heterocycles. The summed E-state index contributed by atoms with van der Waals surface area (Å²) in [7, 11) is 4.06. The SMILES string of the molecule is CN1CCN(CC/C=C/c2cc3ncc(C#N)c(Nc4ccc(Sc5nccn5C)c(Cl)c4)c3cc2F)CC1. The molecule has 0 amide bonds. The van der Waals surface area contributed by atoms with E-state index in [2.05, 4.69) is 38.2 Å². The van der Waals surface area contributed by atoms with Gasteiger partial charge in [-0.15, -0.1) is 0 Å². The lowest BCUT2D eigenvalue weighted by Gasteiger charge is -2.32. The Hall–Kier alpha value is -3.42. The second-order valence-electron chi connectivity index (χ2n) is 9.58. The molecule has 200 valence electrons. The number of hydrogen-bond donors (Lipinski definition) is 1. The summed E-state index contributed by atoms with van der Waals surface area (Å²) in [6.07, 6.45) is 9.80. The van der Waals surface area contributed by atoms with E-state index in [1.54, 1.807) is 18.3 Å². The molecule has 1 aliphatic heterocycles. The smallest absolute Gasteiger partial charge is 0.172 e. The van der Waals surface area contributed by atoms with Crippen LogP contribution in [0.2, 0.25) is 5.02 Å². The molecular formula is C29H29ClFN7S. The van der Waals surface area contributed by atoms with E-state index < -0.39 is 0 Å². The fourth-order valence-electron chi connectivity index (χ4n) is 4.47. The molecule has 1 fully saturated rings. The van der Waals surface area contributed by atoms with Gasteiger partial charge in [0.25, 0.3) is 0 Å². The molecule has 2 aromatic heterocycles. The van der Waals surface area contributed by atoms with Crippen LogP contribution in [-0.2, 0) is 7.05 Å². The number of aromatic nitrogens is 3. The van der Waals surface area contributed by atoms with Gasteiger partial charge >= 0.3 is 0 Å². The predicted octanol–water partition coefficient (Wildman–Crippen LogP) is 6.18. The van der Waals surface area contributed by atoms with E-state index >= 15 is 4.39 Å². The molecule has 2 aromatic carbocycles. The van der Waals surface area contributed by atoms with Crippen molar-refractivity contribution in [3.8, 4) is 6.07 Å². The molecule has 0 bridgehead atoms. The zero-order chi connectivity index (χ0) is 27.4. The van der Waals surface area contributed by atoms with Gasteiger partial charge in [-0.25, -0.2) is 9.37 Å². The Morgan fingerprint density at radius 1 is 1.15 bits per heavy atom. The summed E-state index contributed by atoms with van der Waals surface area (Å²) >= 11 is 8.03. The molecular weight excluding hydrogens is 533 g/mol. The summed E-state index contributed by atoms with van der Waals surface area (Å²) in [4.78, 5) is 14.4. The van der Waals surface area contributed by atoms with Gasteiger partial charge in [0.2, 0.25) is 0 Å². The predicted molar refractivity (Wildman–Crippen MR) is 156 cm³/mol. The molecule has 5 rings (SSSR count). The van der Waals surface area contributed by atoms with Crippen molar-refractivity contribution >= 4 is 51.7 Å². The second-order valence-corrected chi connectivity index (χ2v) is 11.0. The van der Waals surface area contributed by atoms with Crippen LogP contribution in [0.25, 0.3) is 17.0 Å². The van der Waals surface area contributed by atoms with E-state index in [0.717, 1.165) is 49.2 Å². The number of imidazole rings is 1. The molecule has 7 nitrogen and oxygen atoms in total. The minimum atomic E-state index is -0.363. The van der Waals surface area contributed by atoms with Crippen LogP contribution in [0.4, 0.5) is 15.8 Å². The summed E-state index contributed by atoms with van der Waals surface area (Å²) in [5.74, 6) is -0.363. The number of aryl methyl sites for hydroxylation is 1. The van der Waals surface area contributed by atoms with Gasteiger partial charge in [-0.05, 0) is 43.8 Å². The van der Waals surface area contributed by atoms with Crippen molar-refractivity contribution < 1.29 is 4.39 Å². The highest BCUT2D eigenvalue weighted by Crippen LogP contribution is 2.36. The number of fused-ring (bicyclic) bond motifs is 1. The Bertz CT molecular complexity index is 1550. The Morgan fingerprint density at radius 2 is 1.97 bits per heavy atom. The Labute approximate surface area is 236 Å². The van der Waals surface area contributed by atoms with Crippen molar-refractivity contribution in [2.75, 3.05) is 45.1 Å². The van der Waals surface area contributed by atoms with E-state index in [9.17, 15) is 5.26 Å². The van der Waals surface area contributed by atoms with Gasteiger partial charge < -0.3 is 19.7 Å². The van der Waals surface area contributed by atoms with Crippen LogP contribution < -0.4 is 5.32 Å². The molecule has 0 unspecified atom stereocenters. The van der Waals surface area contributed by atoms with E-state index in [1.165, 1.54) is 24.0 Å². The van der Waals surface area contributed by atoms with Crippen molar-refractivity contribution in [3.63, 3.8) is 0 Å². The first kappa shape index (κ1) is 27.2. The molecule has 0 aliphatic carbocycles. The highest BCUT2D eigenvalue weighted by molar-refractivity contribution is 7.99. The van der Waals surface area contributed by atoms with Crippen LogP contribution in [0, 0.1) is 17.1 Å². The number of likely N-dealkylation sites (N-methyl/N-ethyl adjacent to an activating group) is 1. The first-order chi connectivity index (χ1) is 18.9. The number of rotatable bonds is 8. The van der Waals surface area contributed by atoms with Crippen LogP contribution in [-0.4, -0.2) is 64.1 Å². The van der Waals surface area contributed by atoms with Crippen LogP contribution >= 0.6 is 23.4 Å². The van der Waals surface area contributed by atoms with Crippen LogP contribution in [0.5, 0.6) is 0 Å². The zero-order valence-electron chi connectivity index (χ0n) is 21.9. The Kier molecular flexibility index (Phi) is 8.48. The van der Waals surface area contributed by atoms with Crippen LogP contribution in [0.3, 0.4) is 0 Å². The molecule has 10 heteroatoms. The quantitative estimate of drug-likeness (QED) is 0.275. The van der Waals surface area contributed by atoms with Gasteiger partial charge in [0.05, 0.1) is 21.8 Å². The molecule has 39 heavy (non-hydrogen) atoms. The van der Waals surface area contributed by atoms with E-state index in [4.69, 9.17) is 11.6 Å². The van der Waals surface area contributed by atoms with E-state index in [1.807, 2.05) is 42.1 Å².